The van der Waals surface area contributed by atoms with Crippen LogP contribution in [0, 0.1) is 11.7 Å². The van der Waals surface area contributed by atoms with Crippen molar-refractivity contribution in [2.45, 2.75) is 39.3 Å². The van der Waals surface area contributed by atoms with E-state index in [4.69, 9.17) is 0 Å². The van der Waals surface area contributed by atoms with Gasteiger partial charge in [-0.15, -0.1) is 5.10 Å². The summed E-state index contributed by atoms with van der Waals surface area (Å²) < 4.78 is 15.8. The summed E-state index contributed by atoms with van der Waals surface area (Å²) in [6, 6.07) is 11.2. The molecule has 0 radical (unpaired) electrons. The number of nitrogens with zero attached hydrogens (tertiary/aromatic N) is 5. The number of carbonyl (C=O) groups excluding carboxylic acids is 2. The molecule has 0 fully saturated rings. The third kappa shape index (κ3) is 4.45. The van der Waals surface area contributed by atoms with Crippen molar-refractivity contribution >= 4 is 17.5 Å². The zero-order valence-corrected chi connectivity index (χ0v) is 17.3. The van der Waals surface area contributed by atoms with Crippen LogP contribution in [-0.2, 0) is 22.6 Å². The van der Waals surface area contributed by atoms with Crippen LogP contribution in [0.4, 0.5) is 10.1 Å². The summed E-state index contributed by atoms with van der Waals surface area (Å²) in [5.41, 5.74) is 2.55. The van der Waals surface area contributed by atoms with Gasteiger partial charge in [-0.2, -0.15) is 0 Å². The van der Waals surface area contributed by atoms with E-state index >= 15 is 0 Å². The second kappa shape index (κ2) is 8.63. The van der Waals surface area contributed by atoms with Gasteiger partial charge in [0.2, 0.25) is 11.8 Å². The number of anilines is 1. The molecular formula is C22H23FN6O2. The van der Waals surface area contributed by atoms with Crippen molar-refractivity contribution in [3.05, 3.63) is 65.7 Å². The fourth-order valence-electron chi connectivity index (χ4n) is 3.73. The summed E-state index contributed by atoms with van der Waals surface area (Å²) in [4.78, 5) is 27.7. The lowest BCUT2D eigenvalue weighted by atomic mass is 9.92. The van der Waals surface area contributed by atoms with Crippen LogP contribution in [0.5, 0.6) is 0 Å². The van der Waals surface area contributed by atoms with E-state index in [0.29, 0.717) is 25.1 Å². The minimum absolute atomic E-state index is 0.00752. The average molecular weight is 422 g/mol. The normalized spacial score (nSPS) is 15.6. The molecule has 0 saturated heterocycles. The van der Waals surface area contributed by atoms with Gasteiger partial charge in [-0.25, -0.2) is 9.07 Å². The summed E-state index contributed by atoms with van der Waals surface area (Å²) in [7, 11) is 0. The van der Waals surface area contributed by atoms with Crippen LogP contribution < -0.4 is 5.32 Å². The first-order chi connectivity index (χ1) is 14.9. The van der Waals surface area contributed by atoms with Crippen LogP contribution in [-0.4, -0.2) is 43.0 Å². The minimum Gasteiger partial charge on any atom is -0.326 e. The molecule has 2 heterocycles. The van der Waals surface area contributed by atoms with Crippen LogP contribution in [0.3, 0.4) is 0 Å². The van der Waals surface area contributed by atoms with Gasteiger partial charge in [0, 0.05) is 19.4 Å². The Kier molecular flexibility index (Phi) is 5.75. The SMILES string of the molecule is CC(C)CC(=O)N1Cc2ccccc2CC1C(=O)Nc1cc(-n2cnnn2)ccc1F. The third-order valence-electron chi connectivity index (χ3n) is 5.28. The number of rotatable bonds is 5. The lowest BCUT2D eigenvalue weighted by molar-refractivity contribution is -0.140. The average Bonchev–Trinajstić information content (AvgIpc) is 3.28. The third-order valence-corrected chi connectivity index (χ3v) is 5.28. The number of aromatic nitrogens is 4. The van der Waals surface area contributed by atoms with Crippen LogP contribution >= 0.6 is 0 Å². The van der Waals surface area contributed by atoms with Crippen LogP contribution in [0.2, 0.25) is 0 Å². The van der Waals surface area contributed by atoms with Crippen molar-refractivity contribution in [2.75, 3.05) is 5.32 Å². The van der Waals surface area contributed by atoms with Gasteiger partial charge >= 0.3 is 0 Å². The molecule has 0 saturated carbocycles. The van der Waals surface area contributed by atoms with Gasteiger partial charge in [-0.3, -0.25) is 9.59 Å². The Morgan fingerprint density at radius 2 is 1.97 bits per heavy atom. The maximum absolute atomic E-state index is 14.4. The van der Waals surface area contributed by atoms with E-state index in [1.54, 1.807) is 4.90 Å². The Morgan fingerprint density at radius 3 is 2.68 bits per heavy atom. The highest BCUT2D eigenvalue weighted by Gasteiger charge is 2.34. The topological polar surface area (TPSA) is 93.0 Å². The van der Waals surface area contributed by atoms with Crippen LogP contribution in [0.1, 0.15) is 31.4 Å². The molecular weight excluding hydrogens is 399 g/mol. The standard InChI is InChI=1S/C22H23FN6O2/c1-14(2)9-21(30)28-12-16-6-4-3-5-15(16)10-20(28)22(31)25-19-11-17(7-8-18(19)23)29-13-24-26-27-29/h3-8,11,13-14,20H,9-10,12H2,1-2H3,(H,25,31). The molecule has 0 aliphatic carbocycles. The summed E-state index contributed by atoms with van der Waals surface area (Å²) in [6.45, 7) is 4.28. The van der Waals surface area contributed by atoms with Crippen molar-refractivity contribution in [3.63, 3.8) is 0 Å². The largest absolute Gasteiger partial charge is 0.326 e. The van der Waals surface area contributed by atoms with Crippen molar-refractivity contribution in [3.8, 4) is 5.69 Å². The molecule has 1 aromatic heterocycles. The monoisotopic (exact) mass is 422 g/mol. The summed E-state index contributed by atoms with van der Waals surface area (Å²) in [5.74, 6) is -0.938. The fourth-order valence-corrected chi connectivity index (χ4v) is 3.73. The molecule has 1 unspecified atom stereocenters. The Bertz CT molecular complexity index is 1100. The highest BCUT2D eigenvalue weighted by atomic mass is 19.1. The van der Waals surface area contributed by atoms with E-state index in [0.717, 1.165) is 11.1 Å². The van der Waals surface area contributed by atoms with Gasteiger partial charge in [-0.1, -0.05) is 38.1 Å². The van der Waals surface area contributed by atoms with E-state index in [1.807, 2.05) is 38.1 Å². The molecule has 1 atom stereocenters. The van der Waals surface area contributed by atoms with Gasteiger partial charge in [0.15, 0.2) is 0 Å². The lowest BCUT2D eigenvalue weighted by Crippen LogP contribution is -2.51. The predicted molar refractivity (Wildman–Crippen MR) is 112 cm³/mol. The first-order valence-electron chi connectivity index (χ1n) is 10.1. The van der Waals surface area contributed by atoms with Crippen molar-refractivity contribution in [1.82, 2.24) is 25.1 Å². The first-order valence-corrected chi connectivity index (χ1v) is 10.1. The molecule has 9 heteroatoms. The number of nitrogens with one attached hydrogen (secondary N) is 1. The van der Waals surface area contributed by atoms with E-state index in [-0.39, 0.29) is 17.5 Å². The predicted octanol–water partition coefficient (Wildman–Crippen LogP) is 2.74. The molecule has 0 spiro atoms. The Balaban J connectivity index is 1.61. The van der Waals surface area contributed by atoms with E-state index in [2.05, 4.69) is 20.8 Å². The molecule has 1 aliphatic heterocycles. The number of tetrazole rings is 1. The van der Waals surface area contributed by atoms with Crippen molar-refractivity contribution in [1.29, 1.82) is 0 Å². The zero-order valence-electron chi connectivity index (χ0n) is 17.3. The number of amides is 2. The number of fused-ring (bicyclic) bond motifs is 1. The van der Waals surface area contributed by atoms with E-state index < -0.39 is 17.8 Å². The van der Waals surface area contributed by atoms with Gasteiger partial charge in [0.05, 0.1) is 11.4 Å². The summed E-state index contributed by atoms with van der Waals surface area (Å²) in [5, 5.41) is 13.6. The Labute approximate surface area is 179 Å². The highest BCUT2D eigenvalue weighted by Crippen LogP contribution is 2.26. The van der Waals surface area contributed by atoms with Crippen LogP contribution in [0.25, 0.3) is 5.69 Å². The quantitative estimate of drug-likeness (QED) is 0.683. The molecule has 1 N–H and O–H groups in total. The van der Waals surface area contributed by atoms with Crippen molar-refractivity contribution in [2.24, 2.45) is 5.92 Å². The second-order valence-electron chi connectivity index (χ2n) is 8.02. The second-order valence-corrected chi connectivity index (χ2v) is 8.02. The molecule has 2 aromatic carbocycles. The first kappa shape index (κ1) is 20.6. The Hall–Kier alpha value is -3.62. The van der Waals surface area contributed by atoms with Gasteiger partial charge in [0.25, 0.3) is 0 Å². The number of benzene rings is 2. The molecule has 8 nitrogen and oxygen atoms in total. The van der Waals surface area contributed by atoms with Gasteiger partial charge < -0.3 is 10.2 Å². The number of halogens is 1. The fraction of sp³-hybridized carbons (Fsp3) is 0.318. The molecule has 31 heavy (non-hydrogen) atoms. The van der Waals surface area contributed by atoms with Gasteiger partial charge in [-0.05, 0) is 45.7 Å². The lowest BCUT2D eigenvalue weighted by Gasteiger charge is -2.36. The van der Waals surface area contributed by atoms with E-state index in [9.17, 15) is 14.0 Å². The number of hydrogen-bond acceptors (Lipinski definition) is 5. The molecule has 2 amide bonds. The molecule has 160 valence electrons. The zero-order chi connectivity index (χ0) is 22.0. The summed E-state index contributed by atoms with van der Waals surface area (Å²) >= 11 is 0. The Morgan fingerprint density at radius 1 is 1.19 bits per heavy atom. The number of carbonyl (C=O) groups is 2. The maximum Gasteiger partial charge on any atom is 0.247 e. The molecule has 1 aliphatic rings. The summed E-state index contributed by atoms with van der Waals surface area (Å²) in [6.07, 6.45) is 2.10. The maximum atomic E-state index is 14.4. The minimum atomic E-state index is -0.725. The van der Waals surface area contributed by atoms with Gasteiger partial charge in [0.1, 0.15) is 18.2 Å². The highest BCUT2D eigenvalue weighted by molar-refractivity contribution is 5.98. The van der Waals surface area contributed by atoms with Crippen LogP contribution in [0.15, 0.2) is 48.8 Å². The molecule has 3 aromatic rings. The number of hydrogen-bond donors (Lipinski definition) is 1. The van der Waals surface area contributed by atoms with Crippen molar-refractivity contribution < 1.29 is 14.0 Å². The molecule has 0 bridgehead atoms. The molecule has 4 rings (SSSR count). The smallest absolute Gasteiger partial charge is 0.247 e. The van der Waals surface area contributed by atoms with E-state index in [1.165, 1.54) is 29.2 Å².